The van der Waals surface area contributed by atoms with Gasteiger partial charge in [0.05, 0.1) is 0 Å². The molecule has 13 heavy (non-hydrogen) atoms. The number of alkyl halides is 1. The van der Waals surface area contributed by atoms with E-state index in [-0.39, 0.29) is 11.5 Å². The van der Waals surface area contributed by atoms with Crippen LogP contribution in [0.4, 0.5) is 0 Å². The predicted molar refractivity (Wildman–Crippen MR) is 55.4 cm³/mol. The van der Waals surface area contributed by atoms with Gasteiger partial charge >= 0.3 is 0 Å². The Morgan fingerprint density at radius 1 is 1.54 bits per heavy atom. The van der Waals surface area contributed by atoms with E-state index >= 15 is 0 Å². The molecule has 70 valence electrons. The molecular weight excluding hydrogens is 232 g/mol. The maximum absolute atomic E-state index is 11.2. The first-order valence-electron chi connectivity index (χ1n) is 4.10. The number of halogens is 1. The third kappa shape index (κ3) is 2.31. The number of hydrogen-bond donors (Lipinski definition) is 1. The smallest absolute Gasteiger partial charge is 0.162 e. The number of benzene rings is 1. The van der Waals surface area contributed by atoms with Crippen molar-refractivity contribution >= 4 is 21.7 Å². The molecule has 0 aliphatic heterocycles. The molecule has 0 atom stereocenters. The Balaban J connectivity index is 3.02. The highest BCUT2D eigenvalue weighted by Crippen LogP contribution is 2.21. The van der Waals surface area contributed by atoms with Crippen molar-refractivity contribution in [3.05, 3.63) is 29.3 Å². The summed E-state index contributed by atoms with van der Waals surface area (Å²) in [6, 6.07) is 5.01. The molecule has 1 rings (SSSR count). The minimum absolute atomic E-state index is 0.0522. The molecule has 1 aromatic rings. The van der Waals surface area contributed by atoms with Crippen molar-refractivity contribution in [3.8, 4) is 5.75 Å². The van der Waals surface area contributed by atoms with Crippen molar-refractivity contribution in [2.24, 2.45) is 0 Å². The predicted octanol–water partition coefficient (Wildman–Crippen LogP) is 2.88. The van der Waals surface area contributed by atoms with E-state index in [4.69, 9.17) is 0 Å². The van der Waals surface area contributed by atoms with E-state index < -0.39 is 0 Å². The molecule has 0 aliphatic carbocycles. The average molecular weight is 243 g/mol. The van der Waals surface area contributed by atoms with E-state index in [0.29, 0.717) is 17.3 Å². The Bertz CT molecular complexity index is 321. The van der Waals surface area contributed by atoms with Crippen LogP contribution in [0.1, 0.15) is 29.3 Å². The number of hydrogen-bond acceptors (Lipinski definition) is 2. The molecule has 0 aromatic heterocycles. The summed E-state index contributed by atoms with van der Waals surface area (Å²) in [5.74, 6) is 0.229. The summed E-state index contributed by atoms with van der Waals surface area (Å²) in [5.41, 5.74) is 1.37. The minimum Gasteiger partial charge on any atom is -0.508 e. The van der Waals surface area contributed by atoms with E-state index in [0.717, 1.165) is 5.56 Å². The van der Waals surface area contributed by atoms with Gasteiger partial charge in [-0.2, -0.15) is 0 Å². The van der Waals surface area contributed by atoms with Gasteiger partial charge in [0.25, 0.3) is 0 Å². The number of rotatable bonds is 3. The van der Waals surface area contributed by atoms with Crippen molar-refractivity contribution in [2.45, 2.75) is 18.7 Å². The Morgan fingerprint density at radius 3 is 2.69 bits per heavy atom. The summed E-state index contributed by atoms with van der Waals surface area (Å²) in [4.78, 5) is 11.2. The maximum atomic E-state index is 11.2. The summed E-state index contributed by atoms with van der Waals surface area (Å²) >= 11 is 3.24. The summed E-state index contributed by atoms with van der Waals surface area (Å²) in [6.45, 7) is 1.80. The van der Waals surface area contributed by atoms with Crippen LogP contribution in [0.15, 0.2) is 18.2 Å². The second-order valence-electron chi connectivity index (χ2n) is 2.75. The standard InChI is InChI=1S/C10H11BrO2/c1-2-9(12)7-3-4-8(6-11)10(13)5-7/h3-5,13H,2,6H2,1H3. The monoisotopic (exact) mass is 242 g/mol. The minimum atomic E-state index is 0.0522. The Hall–Kier alpha value is -0.830. The van der Waals surface area contributed by atoms with Gasteiger partial charge in [0, 0.05) is 22.9 Å². The molecule has 1 aromatic carbocycles. The van der Waals surface area contributed by atoms with E-state index in [1.54, 1.807) is 19.1 Å². The fourth-order valence-corrected chi connectivity index (χ4v) is 1.53. The Labute approximate surface area is 85.7 Å². The molecule has 2 nitrogen and oxygen atoms in total. The van der Waals surface area contributed by atoms with Gasteiger partial charge in [0.15, 0.2) is 5.78 Å². The number of carbonyl (C=O) groups is 1. The Morgan fingerprint density at radius 2 is 2.23 bits per heavy atom. The highest BCUT2D eigenvalue weighted by atomic mass is 79.9. The second kappa shape index (κ2) is 4.42. The van der Waals surface area contributed by atoms with Gasteiger partial charge in [-0.15, -0.1) is 0 Å². The van der Waals surface area contributed by atoms with E-state index in [1.165, 1.54) is 6.07 Å². The van der Waals surface area contributed by atoms with Crippen LogP contribution in [-0.2, 0) is 5.33 Å². The summed E-state index contributed by atoms with van der Waals surface area (Å²) in [7, 11) is 0. The molecule has 0 heterocycles. The fraction of sp³-hybridized carbons (Fsp3) is 0.300. The zero-order chi connectivity index (χ0) is 9.84. The largest absolute Gasteiger partial charge is 0.508 e. The van der Waals surface area contributed by atoms with Gasteiger partial charge in [-0.1, -0.05) is 35.0 Å². The lowest BCUT2D eigenvalue weighted by Crippen LogP contribution is -1.96. The quantitative estimate of drug-likeness (QED) is 0.654. The lowest BCUT2D eigenvalue weighted by Gasteiger charge is -2.02. The lowest BCUT2D eigenvalue weighted by molar-refractivity contribution is 0.0988. The van der Waals surface area contributed by atoms with Crippen molar-refractivity contribution in [1.82, 2.24) is 0 Å². The van der Waals surface area contributed by atoms with Gasteiger partial charge in [-0.3, -0.25) is 4.79 Å². The molecule has 3 heteroatoms. The van der Waals surface area contributed by atoms with Crippen molar-refractivity contribution in [3.63, 3.8) is 0 Å². The van der Waals surface area contributed by atoms with Crippen LogP contribution in [-0.4, -0.2) is 10.9 Å². The number of phenols is 1. The normalized spacial score (nSPS) is 10.0. The van der Waals surface area contributed by atoms with E-state index in [9.17, 15) is 9.90 Å². The second-order valence-corrected chi connectivity index (χ2v) is 3.31. The van der Waals surface area contributed by atoms with Crippen molar-refractivity contribution in [1.29, 1.82) is 0 Å². The molecule has 0 saturated heterocycles. The molecule has 0 spiro atoms. The van der Waals surface area contributed by atoms with Crippen LogP contribution in [0, 0.1) is 0 Å². The molecule has 1 N–H and O–H groups in total. The van der Waals surface area contributed by atoms with Gasteiger partial charge in [0.2, 0.25) is 0 Å². The first kappa shape index (κ1) is 10.3. The van der Waals surface area contributed by atoms with Crippen molar-refractivity contribution < 1.29 is 9.90 Å². The van der Waals surface area contributed by atoms with Gasteiger partial charge in [-0.25, -0.2) is 0 Å². The number of aromatic hydroxyl groups is 1. The van der Waals surface area contributed by atoms with E-state index in [1.807, 2.05) is 0 Å². The molecular formula is C10H11BrO2. The third-order valence-corrected chi connectivity index (χ3v) is 2.48. The van der Waals surface area contributed by atoms with Crippen LogP contribution in [0.25, 0.3) is 0 Å². The number of Topliss-reactive ketones (excluding diaryl/α,β-unsaturated/α-hetero) is 1. The molecule has 0 saturated carbocycles. The van der Waals surface area contributed by atoms with Gasteiger partial charge in [0.1, 0.15) is 5.75 Å². The summed E-state index contributed by atoms with van der Waals surface area (Å²) in [6.07, 6.45) is 0.465. The lowest BCUT2D eigenvalue weighted by atomic mass is 10.1. The Kier molecular flexibility index (Phi) is 3.48. The topological polar surface area (TPSA) is 37.3 Å². The number of phenolic OH excluding ortho intramolecular Hbond substituents is 1. The third-order valence-electron chi connectivity index (χ3n) is 1.87. The zero-order valence-corrected chi connectivity index (χ0v) is 8.97. The van der Waals surface area contributed by atoms with Crippen LogP contribution in [0.2, 0.25) is 0 Å². The average Bonchev–Trinajstić information content (AvgIpc) is 2.16. The van der Waals surface area contributed by atoms with Crippen LogP contribution in [0.5, 0.6) is 5.75 Å². The first-order chi connectivity index (χ1) is 6.19. The SMILES string of the molecule is CCC(=O)c1ccc(CBr)c(O)c1. The van der Waals surface area contributed by atoms with Crippen LogP contribution in [0.3, 0.4) is 0 Å². The molecule has 0 amide bonds. The molecule has 0 fully saturated rings. The van der Waals surface area contributed by atoms with Crippen LogP contribution >= 0.6 is 15.9 Å². The number of ketones is 1. The zero-order valence-electron chi connectivity index (χ0n) is 7.38. The summed E-state index contributed by atoms with van der Waals surface area (Å²) in [5, 5.41) is 10.1. The number of carbonyl (C=O) groups excluding carboxylic acids is 1. The highest BCUT2D eigenvalue weighted by molar-refractivity contribution is 9.08. The molecule has 0 aliphatic rings. The first-order valence-corrected chi connectivity index (χ1v) is 5.22. The van der Waals surface area contributed by atoms with Crippen LogP contribution < -0.4 is 0 Å². The maximum Gasteiger partial charge on any atom is 0.162 e. The summed E-state index contributed by atoms with van der Waals surface area (Å²) < 4.78 is 0. The molecule has 0 radical (unpaired) electrons. The van der Waals surface area contributed by atoms with Gasteiger partial charge in [-0.05, 0) is 6.07 Å². The van der Waals surface area contributed by atoms with Crippen molar-refractivity contribution in [2.75, 3.05) is 0 Å². The van der Waals surface area contributed by atoms with Gasteiger partial charge < -0.3 is 5.11 Å². The molecule has 0 bridgehead atoms. The highest BCUT2D eigenvalue weighted by Gasteiger charge is 2.06. The van der Waals surface area contributed by atoms with E-state index in [2.05, 4.69) is 15.9 Å². The fourth-order valence-electron chi connectivity index (χ4n) is 1.05. The molecule has 0 unspecified atom stereocenters.